The molecule has 0 aliphatic rings. The molecule has 0 unspecified atom stereocenters. The van der Waals surface area contributed by atoms with E-state index in [1.165, 1.54) is 24.3 Å². The van der Waals surface area contributed by atoms with E-state index in [0.717, 1.165) is 6.42 Å². The van der Waals surface area contributed by atoms with Gasteiger partial charge in [0.1, 0.15) is 0 Å². The van der Waals surface area contributed by atoms with Crippen LogP contribution in [0.1, 0.15) is 23.7 Å². The predicted molar refractivity (Wildman–Crippen MR) is 76.1 cm³/mol. The van der Waals surface area contributed by atoms with Crippen molar-refractivity contribution in [3.8, 4) is 0 Å². The Morgan fingerprint density at radius 3 is 2.45 bits per heavy atom. The molecule has 1 amide bonds. The van der Waals surface area contributed by atoms with Crippen molar-refractivity contribution < 1.29 is 17.9 Å². The molecule has 0 spiro atoms. The Morgan fingerprint density at radius 2 is 1.90 bits per heavy atom. The van der Waals surface area contributed by atoms with Crippen molar-refractivity contribution in [1.82, 2.24) is 10.0 Å². The first-order valence-electron chi connectivity index (χ1n) is 6.38. The summed E-state index contributed by atoms with van der Waals surface area (Å²) in [6.07, 6.45) is 0.731. The van der Waals surface area contributed by atoms with Crippen molar-refractivity contribution in [2.45, 2.75) is 18.2 Å². The first-order valence-corrected chi connectivity index (χ1v) is 7.86. The average Bonchev–Trinajstić information content (AvgIpc) is 2.43. The molecule has 1 aromatic rings. The van der Waals surface area contributed by atoms with Crippen LogP contribution < -0.4 is 10.0 Å². The summed E-state index contributed by atoms with van der Waals surface area (Å²) in [6, 6.07) is 5.83. The van der Waals surface area contributed by atoms with Gasteiger partial charge in [-0.2, -0.15) is 0 Å². The van der Waals surface area contributed by atoms with E-state index in [-0.39, 0.29) is 10.8 Å². The Hall–Kier alpha value is -1.44. The average molecular weight is 300 g/mol. The number of benzene rings is 1. The fourth-order valence-electron chi connectivity index (χ4n) is 1.58. The third kappa shape index (κ3) is 4.92. The predicted octanol–water partition coefficient (Wildman–Crippen LogP) is 0.751. The highest BCUT2D eigenvalue weighted by atomic mass is 32.2. The van der Waals surface area contributed by atoms with Gasteiger partial charge in [0.05, 0.1) is 4.90 Å². The van der Waals surface area contributed by atoms with Gasteiger partial charge < -0.3 is 10.1 Å². The standard InChI is InChI=1S/C13H20N2O4S/c1-3-15-20(17,18)12-7-5-11(6-8-12)13(16)14-9-4-10-19-2/h5-8,15H,3-4,9-10H2,1-2H3,(H,14,16). The van der Waals surface area contributed by atoms with Crippen LogP contribution in [0.2, 0.25) is 0 Å². The van der Waals surface area contributed by atoms with Crippen molar-refractivity contribution in [1.29, 1.82) is 0 Å². The van der Waals surface area contributed by atoms with E-state index >= 15 is 0 Å². The summed E-state index contributed by atoms with van der Waals surface area (Å²) >= 11 is 0. The minimum absolute atomic E-state index is 0.148. The van der Waals surface area contributed by atoms with Crippen LogP contribution in [0.3, 0.4) is 0 Å². The van der Waals surface area contributed by atoms with E-state index in [0.29, 0.717) is 25.3 Å². The molecule has 7 heteroatoms. The molecule has 0 saturated heterocycles. The number of carbonyl (C=O) groups excluding carboxylic acids is 1. The summed E-state index contributed by atoms with van der Waals surface area (Å²) in [7, 11) is -1.87. The van der Waals surface area contributed by atoms with Crippen molar-refractivity contribution >= 4 is 15.9 Å². The smallest absolute Gasteiger partial charge is 0.251 e. The summed E-state index contributed by atoms with van der Waals surface area (Å²) < 4.78 is 30.7. The topological polar surface area (TPSA) is 84.5 Å². The van der Waals surface area contributed by atoms with Crippen molar-refractivity contribution in [2.24, 2.45) is 0 Å². The lowest BCUT2D eigenvalue weighted by molar-refractivity contribution is 0.0948. The van der Waals surface area contributed by atoms with Gasteiger partial charge in [-0.1, -0.05) is 6.92 Å². The quantitative estimate of drug-likeness (QED) is 0.694. The molecular formula is C13H20N2O4S. The van der Waals surface area contributed by atoms with Crippen molar-refractivity contribution in [3.05, 3.63) is 29.8 Å². The number of ether oxygens (including phenoxy) is 1. The highest BCUT2D eigenvalue weighted by Crippen LogP contribution is 2.10. The van der Waals surface area contributed by atoms with Crippen LogP contribution in [0.25, 0.3) is 0 Å². The normalized spacial score (nSPS) is 11.3. The van der Waals surface area contributed by atoms with Gasteiger partial charge in [0.25, 0.3) is 5.91 Å². The molecule has 1 rings (SSSR count). The van der Waals surface area contributed by atoms with Gasteiger partial charge in [0.2, 0.25) is 10.0 Å². The summed E-state index contributed by atoms with van der Waals surface area (Å²) in [5.41, 5.74) is 0.429. The molecule has 6 nitrogen and oxygen atoms in total. The molecule has 0 radical (unpaired) electrons. The first-order chi connectivity index (χ1) is 9.51. The van der Waals surface area contributed by atoms with E-state index < -0.39 is 10.0 Å². The molecule has 0 aromatic heterocycles. The maximum absolute atomic E-state index is 11.8. The Bertz CT molecular complexity index is 526. The first kappa shape index (κ1) is 16.6. The molecule has 20 heavy (non-hydrogen) atoms. The minimum atomic E-state index is -3.48. The van der Waals surface area contributed by atoms with Gasteiger partial charge in [0, 0.05) is 32.4 Å². The number of amides is 1. The highest BCUT2D eigenvalue weighted by molar-refractivity contribution is 7.89. The van der Waals surface area contributed by atoms with Crippen LogP contribution in [0.5, 0.6) is 0 Å². The van der Waals surface area contributed by atoms with Crippen molar-refractivity contribution in [3.63, 3.8) is 0 Å². The SMILES string of the molecule is CCNS(=O)(=O)c1ccc(C(=O)NCCCOC)cc1. The Morgan fingerprint density at radius 1 is 1.25 bits per heavy atom. The third-order valence-corrected chi connectivity index (χ3v) is 4.13. The number of carbonyl (C=O) groups is 1. The zero-order valence-electron chi connectivity index (χ0n) is 11.7. The molecule has 0 aliphatic carbocycles. The lowest BCUT2D eigenvalue weighted by Crippen LogP contribution is -2.26. The molecule has 0 fully saturated rings. The number of rotatable bonds is 8. The molecule has 0 atom stereocenters. The van der Waals surface area contributed by atoms with Crippen LogP contribution in [0.4, 0.5) is 0 Å². The van der Waals surface area contributed by atoms with Crippen molar-refractivity contribution in [2.75, 3.05) is 26.8 Å². The number of hydrogen-bond donors (Lipinski definition) is 2. The lowest BCUT2D eigenvalue weighted by atomic mass is 10.2. The second-order valence-electron chi connectivity index (χ2n) is 4.13. The maximum Gasteiger partial charge on any atom is 0.251 e. The van der Waals surface area contributed by atoms with Gasteiger partial charge in [-0.25, -0.2) is 13.1 Å². The molecule has 112 valence electrons. The Balaban J connectivity index is 2.64. The number of sulfonamides is 1. The van der Waals surface area contributed by atoms with Gasteiger partial charge >= 0.3 is 0 Å². The zero-order chi connectivity index (χ0) is 15.0. The molecular weight excluding hydrogens is 280 g/mol. The Labute approximate surface area is 119 Å². The van der Waals surface area contributed by atoms with Gasteiger partial charge in [0.15, 0.2) is 0 Å². The third-order valence-electron chi connectivity index (χ3n) is 2.57. The Kier molecular flexibility index (Phi) is 6.63. The lowest BCUT2D eigenvalue weighted by Gasteiger charge is -2.07. The van der Waals surface area contributed by atoms with Crippen LogP contribution in [0, 0.1) is 0 Å². The van der Waals surface area contributed by atoms with E-state index in [4.69, 9.17) is 4.74 Å². The number of methoxy groups -OCH3 is 1. The van der Waals surface area contributed by atoms with E-state index in [9.17, 15) is 13.2 Å². The summed E-state index contributed by atoms with van der Waals surface area (Å²) in [5.74, 6) is -0.228. The molecule has 2 N–H and O–H groups in total. The van der Waals surface area contributed by atoms with Crippen LogP contribution >= 0.6 is 0 Å². The zero-order valence-corrected chi connectivity index (χ0v) is 12.5. The number of nitrogens with one attached hydrogen (secondary N) is 2. The molecule has 0 aliphatic heterocycles. The van der Waals surface area contributed by atoms with Gasteiger partial charge in [-0.15, -0.1) is 0 Å². The molecule has 0 heterocycles. The van der Waals surface area contributed by atoms with E-state index in [1.807, 2.05) is 0 Å². The molecule has 0 saturated carbocycles. The summed E-state index contributed by atoms with van der Waals surface area (Å²) in [4.78, 5) is 11.9. The van der Waals surface area contributed by atoms with E-state index in [2.05, 4.69) is 10.0 Å². The molecule has 0 bridgehead atoms. The summed E-state index contributed by atoms with van der Waals surface area (Å²) in [5, 5.41) is 2.73. The fourth-order valence-corrected chi connectivity index (χ4v) is 2.62. The van der Waals surface area contributed by atoms with Crippen LogP contribution in [0.15, 0.2) is 29.2 Å². The van der Waals surface area contributed by atoms with Gasteiger partial charge in [-0.3, -0.25) is 4.79 Å². The number of hydrogen-bond acceptors (Lipinski definition) is 4. The largest absolute Gasteiger partial charge is 0.385 e. The minimum Gasteiger partial charge on any atom is -0.385 e. The highest BCUT2D eigenvalue weighted by Gasteiger charge is 2.13. The maximum atomic E-state index is 11.8. The monoisotopic (exact) mass is 300 g/mol. The van der Waals surface area contributed by atoms with Crippen LogP contribution in [-0.4, -0.2) is 41.1 Å². The van der Waals surface area contributed by atoms with Crippen LogP contribution in [-0.2, 0) is 14.8 Å². The second-order valence-corrected chi connectivity index (χ2v) is 5.89. The second kappa shape index (κ2) is 7.98. The fraction of sp³-hybridized carbons (Fsp3) is 0.462. The molecule has 1 aromatic carbocycles. The summed E-state index contributed by atoms with van der Waals surface area (Å²) in [6.45, 7) is 3.13. The van der Waals surface area contributed by atoms with E-state index in [1.54, 1.807) is 14.0 Å². The van der Waals surface area contributed by atoms with Gasteiger partial charge in [-0.05, 0) is 30.7 Å².